The summed E-state index contributed by atoms with van der Waals surface area (Å²) in [6.07, 6.45) is 4.40. The highest BCUT2D eigenvalue weighted by Gasteiger charge is 2.10. The number of aromatic amines is 1. The number of fused-ring (bicyclic) bond motifs is 1. The molecule has 0 aliphatic rings. The summed E-state index contributed by atoms with van der Waals surface area (Å²) in [5.41, 5.74) is 3.39. The summed E-state index contributed by atoms with van der Waals surface area (Å²) in [5.74, 6) is -0.194. The topological polar surface area (TPSA) is 87.1 Å². The molecule has 0 saturated carbocycles. The molecule has 28 heavy (non-hydrogen) atoms. The van der Waals surface area contributed by atoms with Gasteiger partial charge in [0.15, 0.2) is 5.76 Å². The molecule has 0 atom stereocenters. The highest BCUT2D eigenvalue weighted by atomic mass is 16.3. The monoisotopic (exact) mass is 373 g/mol. The zero-order valence-electron chi connectivity index (χ0n) is 15.1. The molecule has 0 aliphatic carbocycles. The van der Waals surface area contributed by atoms with Crippen molar-refractivity contribution in [3.8, 4) is 0 Å². The van der Waals surface area contributed by atoms with E-state index in [0.717, 1.165) is 16.5 Å². The van der Waals surface area contributed by atoms with Crippen molar-refractivity contribution >= 4 is 34.1 Å². The lowest BCUT2D eigenvalue weighted by atomic mass is 10.1. The number of anilines is 2. The van der Waals surface area contributed by atoms with Gasteiger partial charge in [-0.2, -0.15) is 0 Å². The van der Waals surface area contributed by atoms with Gasteiger partial charge in [-0.3, -0.25) is 9.59 Å². The molecule has 140 valence electrons. The van der Waals surface area contributed by atoms with E-state index in [1.54, 1.807) is 36.4 Å². The Balaban J connectivity index is 1.36. The number of nitrogens with one attached hydrogen (secondary N) is 3. The molecule has 2 amide bonds. The lowest BCUT2D eigenvalue weighted by Gasteiger charge is -2.08. The van der Waals surface area contributed by atoms with Crippen LogP contribution in [0.1, 0.15) is 22.5 Å². The molecule has 6 nitrogen and oxygen atoms in total. The smallest absolute Gasteiger partial charge is 0.291 e. The van der Waals surface area contributed by atoms with Gasteiger partial charge in [0.1, 0.15) is 0 Å². The van der Waals surface area contributed by atoms with Crippen molar-refractivity contribution in [2.24, 2.45) is 0 Å². The lowest BCUT2D eigenvalue weighted by molar-refractivity contribution is -0.116. The number of benzene rings is 2. The first-order chi connectivity index (χ1) is 13.7. The van der Waals surface area contributed by atoms with Gasteiger partial charge in [-0.05, 0) is 48.4 Å². The highest BCUT2D eigenvalue weighted by Crippen LogP contribution is 2.20. The Morgan fingerprint density at radius 1 is 0.929 bits per heavy atom. The third-order valence-corrected chi connectivity index (χ3v) is 4.45. The summed E-state index contributed by atoms with van der Waals surface area (Å²) in [6.45, 7) is 0. The van der Waals surface area contributed by atoms with E-state index >= 15 is 0 Å². The lowest BCUT2D eigenvalue weighted by Crippen LogP contribution is -2.13. The minimum absolute atomic E-state index is 0.0835. The summed E-state index contributed by atoms with van der Waals surface area (Å²) < 4.78 is 5.08. The molecule has 0 radical (unpaired) electrons. The standard InChI is InChI=1S/C22H19N3O3/c26-21(11-10-15-14-23-19-8-2-1-7-18(15)19)24-16-5-3-6-17(13-16)25-22(27)20-9-4-12-28-20/h1-9,12-14,23H,10-11H2,(H,24,26)(H,25,27). The summed E-state index contributed by atoms with van der Waals surface area (Å²) >= 11 is 0. The molecule has 4 rings (SSSR count). The first kappa shape index (κ1) is 17.6. The van der Waals surface area contributed by atoms with Gasteiger partial charge in [0, 0.05) is 34.9 Å². The van der Waals surface area contributed by atoms with Gasteiger partial charge in [0.25, 0.3) is 5.91 Å². The van der Waals surface area contributed by atoms with Crippen LogP contribution < -0.4 is 10.6 Å². The molecule has 2 aromatic heterocycles. The molecule has 0 spiro atoms. The number of H-pyrrole nitrogens is 1. The van der Waals surface area contributed by atoms with Gasteiger partial charge in [-0.1, -0.05) is 24.3 Å². The summed E-state index contributed by atoms with van der Waals surface area (Å²) in [6, 6.07) is 18.3. The van der Waals surface area contributed by atoms with Crippen LogP contribution in [0.25, 0.3) is 10.9 Å². The Kier molecular flexibility index (Phi) is 4.93. The molecule has 4 aromatic rings. The Bertz CT molecular complexity index is 1110. The maximum absolute atomic E-state index is 12.3. The van der Waals surface area contributed by atoms with E-state index in [-0.39, 0.29) is 17.6 Å². The molecule has 0 unspecified atom stereocenters. The van der Waals surface area contributed by atoms with Crippen LogP contribution in [0.3, 0.4) is 0 Å². The fraction of sp³-hybridized carbons (Fsp3) is 0.0909. The highest BCUT2D eigenvalue weighted by molar-refractivity contribution is 6.02. The number of aryl methyl sites for hydroxylation is 1. The van der Waals surface area contributed by atoms with Crippen LogP contribution in [-0.4, -0.2) is 16.8 Å². The van der Waals surface area contributed by atoms with E-state index in [4.69, 9.17) is 4.42 Å². The predicted molar refractivity (Wildman–Crippen MR) is 108 cm³/mol. The number of hydrogen-bond donors (Lipinski definition) is 3. The molecule has 0 aliphatic heterocycles. The van der Waals surface area contributed by atoms with Crippen LogP contribution in [0.2, 0.25) is 0 Å². The Morgan fingerprint density at radius 3 is 2.57 bits per heavy atom. The summed E-state index contributed by atoms with van der Waals surface area (Å²) in [7, 11) is 0. The summed E-state index contributed by atoms with van der Waals surface area (Å²) in [4.78, 5) is 27.6. The van der Waals surface area contributed by atoms with Gasteiger partial charge in [-0.15, -0.1) is 0 Å². The molecule has 3 N–H and O–H groups in total. The molecule has 6 heteroatoms. The minimum atomic E-state index is -0.340. The molecule has 0 bridgehead atoms. The van der Waals surface area contributed by atoms with Crippen molar-refractivity contribution in [2.45, 2.75) is 12.8 Å². The van der Waals surface area contributed by atoms with Gasteiger partial charge in [0.2, 0.25) is 5.91 Å². The van der Waals surface area contributed by atoms with Gasteiger partial charge in [0.05, 0.1) is 6.26 Å². The maximum atomic E-state index is 12.3. The van der Waals surface area contributed by atoms with Crippen molar-refractivity contribution in [3.63, 3.8) is 0 Å². The number of carbonyl (C=O) groups is 2. The Hall–Kier alpha value is -3.80. The van der Waals surface area contributed by atoms with E-state index in [9.17, 15) is 9.59 Å². The first-order valence-corrected chi connectivity index (χ1v) is 8.99. The second-order valence-corrected chi connectivity index (χ2v) is 6.42. The average Bonchev–Trinajstić information content (AvgIpc) is 3.37. The number of hydrogen-bond acceptors (Lipinski definition) is 3. The number of amides is 2. The number of rotatable bonds is 6. The third-order valence-electron chi connectivity index (χ3n) is 4.45. The first-order valence-electron chi connectivity index (χ1n) is 8.99. The zero-order valence-corrected chi connectivity index (χ0v) is 15.1. The largest absolute Gasteiger partial charge is 0.459 e. The van der Waals surface area contributed by atoms with E-state index in [2.05, 4.69) is 15.6 Å². The van der Waals surface area contributed by atoms with E-state index < -0.39 is 0 Å². The second kappa shape index (κ2) is 7.84. The van der Waals surface area contributed by atoms with Crippen molar-refractivity contribution in [1.82, 2.24) is 4.98 Å². The van der Waals surface area contributed by atoms with Crippen LogP contribution in [0.4, 0.5) is 11.4 Å². The van der Waals surface area contributed by atoms with E-state index in [1.165, 1.54) is 6.26 Å². The number of furan rings is 1. The van der Waals surface area contributed by atoms with Crippen molar-refractivity contribution in [2.75, 3.05) is 10.6 Å². The quantitative estimate of drug-likeness (QED) is 0.462. The predicted octanol–water partition coefficient (Wildman–Crippen LogP) is 4.58. The minimum Gasteiger partial charge on any atom is -0.459 e. The number of carbonyl (C=O) groups excluding carboxylic acids is 2. The molecule has 2 aromatic carbocycles. The molecule has 0 saturated heterocycles. The Labute approximate surface area is 161 Å². The van der Waals surface area contributed by atoms with Crippen LogP contribution in [-0.2, 0) is 11.2 Å². The number of aromatic nitrogens is 1. The molecular weight excluding hydrogens is 354 g/mol. The molecule has 0 fully saturated rings. The fourth-order valence-electron chi connectivity index (χ4n) is 3.09. The number of para-hydroxylation sites is 1. The van der Waals surface area contributed by atoms with Crippen molar-refractivity contribution < 1.29 is 14.0 Å². The van der Waals surface area contributed by atoms with Crippen LogP contribution in [0.5, 0.6) is 0 Å². The molecule has 2 heterocycles. The van der Waals surface area contributed by atoms with Gasteiger partial charge >= 0.3 is 0 Å². The fourth-order valence-corrected chi connectivity index (χ4v) is 3.09. The van der Waals surface area contributed by atoms with Crippen LogP contribution in [0, 0.1) is 0 Å². The molecular formula is C22H19N3O3. The van der Waals surface area contributed by atoms with Gasteiger partial charge < -0.3 is 20.0 Å². The SMILES string of the molecule is O=C(CCc1c[nH]c2ccccc12)Nc1cccc(NC(=O)c2ccco2)c1. The van der Waals surface area contributed by atoms with Crippen LogP contribution >= 0.6 is 0 Å². The Morgan fingerprint density at radius 2 is 1.75 bits per heavy atom. The average molecular weight is 373 g/mol. The van der Waals surface area contributed by atoms with E-state index in [0.29, 0.717) is 24.2 Å². The van der Waals surface area contributed by atoms with Crippen molar-refractivity contribution in [1.29, 1.82) is 0 Å². The van der Waals surface area contributed by atoms with E-state index in [1.807, 2.05) is 30.5 Å². The third kappa shape index (κ3) is 3.96. The maximum Gasteiger partial charge on any atom is 0.291 e. The van der Waals surface area contributed by atoms with Crippen molar-refractivity contribution in [3.05, 3.63) is 84.4 Å². The second-order valence-electron chi connectivity index (χ2n) is 6.42. The summed E-state index contributed by atoms with van der Waals surface area (Å²) in [5, 5.41) is 6.76. The van der Waals surface area contributed by atoms with Crippen LogP contribution in [0.15, 0.2) is 77.5 Å². The zero-order chi connectivity index (χ0) is 19.3. The van der Waals surface area contributed by atoms with Gasteiger partial charge in [-0.25, -0.2) is 0 Å². The normalized spacial score (nSPS) is 10.7.